The zero-order valence-electron chi connectivity index (χ0n) is 18.7. The molecule has 0 radical (unpaired) electrons. The lowest BCUT2D eigenvalue weighted by atomic mass is 10.1. The van der Waals surface area contributed by atoms with Crippen molar-refractivity contribution in [2.24, 2.45) is 10.9 Å². The van der Waals surface area contributed by atoms with Crippen molar-refractivity contribution in [2.45, 2.75) is 45.5 Å². The largest absolute Gasteiger partial charge is 0.373 e. The molecule has 1 aromatic carbocycles. The first-order valence-corrected chi connectivity index (χ1v) is 11.7. The van der Waals surface area contributed by atoms with Crippen molar-refractivity contribution in [1.29, 1.82) is 0 Å². The second kappa shape index (κ2) is 11.6. The molecule has 2 saturated heterocycles. The van der Waals surface area contributed by atoms with E-state index in [4.69, 9.17) is 4.74 Å². The molecule has 0 saturated carbocycles. The highest BCUT2D eigenvalue weighted by molar-refractivity contribution is 14.0. The number of nitrogens with zero attached hydrogens (tertiary/aromatic N) is 4. The third kappa shape index (κ3) is 6.40. The summed E-state index contributed by atoms with van der Waals surface area (Å²) in [6.45, 7) is 9.82. The van der Waals surface area contributed by atoms with Gasteiger partial charge in [0, 0.05) is 50.7 Å². The lowest BCUT2D eigenvalue weighted by molar-refractivity contribution is -0.0502. The Kier molecular flexibility index (Phi) is 9.12. The van der Waals surface area contributed by atoms with E-state index >= 15 is 0 Å². The maximum atomic E-state index is 6.12. The number of ether oxygens (including phenoxy) is 1. The minimum atomic E-state index is 0. The van der Waals surface area contributed by atoms with Crippen LogP contribution in [0.5, 0.6) is 0 Å². The number of hydrogen-bond acceptors (Lipinski definition) is 5. The van der Waals surface area contributed by atoms with E-state index in [0.717, 1.165) is 51.7 Å². The molecule has 4 rings (SSSR count). The van der Waals surface area contributed by atoms with Gasteiger partial charge in [-0.1, -0.05) is 44.2 Å². The monoisotopic (exact) mass is 555 g/mol. The van der Waals surface area contributed by atoms with Gasteiger partial charge in [-0.05, 0) is 11.5 Å². The van der Waals surface area contributed by atoms with Gasteiger partial charge in [-0.3, -0.25) is 9.89 Å². The molecule has 2 unspecified atom stereocenters. The predicted molar refractivity (Wildman–Crippen MR) is 138 cm³/mol. The van der Waals surface area contributed by atoms with Crippen LogP contribution in [0.4, 0.5) is 0 Å². The van der Waals surface area contributed by atoms with E-state index in [1.807, 2.05) is 13.2 Å². The van der Waals surface area contributed by atoms with Crippen LogP contribution in [0, 0.1) is 5.92 Å². The first-order chi connectivity index (χ1) is 14.6. The Morgan fingerprint density at radius 3 is 2.84 bits per heavy atom. The van der Waals surface area contributed by atoms with Crippen molar-refractivity contribution in [3.05, 3.63) is 52.0 Å². The van der Waals surface area contributed by atoms with Gasteiger partial charge in [0.2, 0.25) is 0 Å². The Balaban J connectivity index is 0.00000272. The van der Waals surface area contributed by atoms with Crippen LogP contribution in [0.1, 0.15) is 29.3 Å². The molecule has 170 valence electrons. The Morgan fingerprint density at radius 1 is 1.29 bits per heavy atom. The summed E-state index contributed by atoms with van der Waals surface area (Å²) in [7, 11) is 1.86. The van der Waals surface area contributed by atoms with Crippen molar-refractivity contribution in [1.82, 2.24) is 20.1 Å². The molecular weight excluding hydrogens is 521 g/mol. The zero-order chi connectivity index (χ0) is 20.9. The minimum absolute atomic E-state index is 0. The van der Waals surface area contributed by atoms with Crippen LogP contribution in [0.15, 0.2) is 41.5 Å². The molecule has 6 nitrogen and oxygen atoms in total. The van der Waals surface area contributed by atoms with Crippen LogP contribution in [-0.4, -0.2) is 66.2 Å². The summed E-state index contributed by atoms with van der Waals surface area (Å²) < 4.78 is 6.12. The quantitative estimate of drug-likeness (QED) is 0.336. The number of morpholine rings is 1. The normalized spacial score (nSPS) is 21.8. The van der Waals surface area contributed by atoms with Gasteiger partial charge in [0.25, 0.3) is 0 Å². The van der Waals surface area contributed by atoms with Gasteiger partial charge in [0.1, 0.15) is 0 Å². The van der Waals surface area contributed by atoms with E-state index in [2.05, 4.69) is 69.3 Å². The Morgan fingerprint density at radius 2 is 2.10 bits per heavy atom. The fourth-order valence-electron chi connectivity index (χ4n) is 4.32. The van der Waals surface area contributed by atoms with Gasteiger partial charge in [-0.25, -0.2) is 4.98 Å². The maximum absolute atomic E-state index is 6.12. The number of rotatable bonds is 6. The number of likely N-dealkylation sites (tertiary alicyclic amines) is 1. The zero-order valence-corrected chi connectivity index (χ0v) is 21.8. The number of aromatic nitrogens is 1. The summed E-state index contributed by atoms with van der Waals surface area (Å²) >= 11 is 1.80. The fourth-order valence-corrected chi connectivity index (χ4v) is 5.39. The molecule has 0 aliphatic carbocycles. The van der Waals surface area contributed by atoms with Gasteiger partial charge in [0.15, 0.2) is 5.96 Å². The van der Waals surface area contributed by atoms with E-state index in [0.29, 0.717) is 12.0 Å². The van der Waals surface area contributed by atoms with E-state index < -0.39 is 0 Å². The Labute approximate surface area is 207 Å². The number of fused-ring (bicyclic) bond motifs is 1. The number of aliphatic imine (C=N–C) groups is 1. The van der Waals surface area contributed by atoms with Gasteiger partial charge in [0.05, 0.1) is 30.3 Å². The second-order valence-corrected chi connectivity index (χ2v) is 9.76. The number of thiazole rings is 1. The van der Waals surface area contributed by atoms with Crippen molar-refractivity contribution >= 4 is 41.3 Å². The molecule has 2 aromatic rings. The average molecular weight is 556 g/mol. The first-order valence-electron chi connectivity index (χ1n) is 10.9. The highest BCUT2D eigenvalue weighted by Gasteiger charge is 2.41. The molecular formula is C23H34IN5OS. The number of guanidine groups is 1. The van der Waals surface area contributed by atoms with Gasteiger partial charge >= 0.3 is 0 Å². The molecule has 0 bridgehead atoms. The maximum Gasteiger partial charge on any atom is 0.194 e. The molecule has 2 fully saturated rings. The van der Waals surface area contributed by atoms with Crippen LogP contribution >= 0.6 is 35.3 Å². The lowest BCUT2D eigenvalue weighted by Gasteiger charge is -2.36. The van der Waals surface area contributed by atoms with Crippen molar-refractivity contribution in [3.8, 4) is 0 Å². The third-order valence-corrected chi connectivity index (χ3v) is 6.78. The van der Waals surface area contributed by atoms with Crippen molar-refractivity contribution < 1.29 is 4.74 Å². The second-order valence-electron chi connectivity index (χ2n) is 8.56. The van der Waals surface area contributed by atoms with Crippen LogP contribution in [0.2, 0.25) is 0 Å². The first kappa shape index (κ1) is 24.4. The molecule has 2 aliphatic rings. The summed E-state index contributed by atoms with van der Waals surface area (Å²) in [5.41, 5.74) is 1.36. The summed E-state index contributed by atoms with van der Waals surface area (Å²) in [4.78, 5) is 15.3. The molecule has 1 N–H and O–H groups in total. The van der Waals surface area contributed by atoms with Crippen LogP contribution < -0.4 is 5.32 Å². The van der Waals surface area contributed by atoms with E-state index in [9.17, 15) is 0 Å². The number of halogens is 1. The molecule has 8 heteroatoms. The van der Waals surface area contributed by atoms with Crippen molar-refractivity contribution in [3.63, 3.8) is 0 Å². The third-order valence-electron chi connectivity index (χ3n) is 5.76. The SMILES string of the molecule is CN=C(NCc1cnc(CC(C)C)s1)N1CC2OCCN(Cc3ccccc3)C2C1.I. The fraction of sp³-hybridized carbons (Fsp3) is 0.565. The molecule has 1 aromatic heterocycles. The van der Waals surface area contributed by atoms with Gasteiger partial charge in [-0.15, -0.1) is 35.3 Å². The predicted octanol–water partition coefficient (Wildman–Crippen LogP) is 3.62. The van der Waals surface area contributed by atoms with Gasteiger partial charge < -0.3 is 15.0 Å². The van der Waals surface area contributed by atoms with E-state index in [1.165, 1.54) is 15.4 Å². The van der Waals surface area contributed by atoms with Crippen LogP contribution in [0.3, 0.4) is 0 Å². The number of hydrogen-bond donors (Lipinski definition) is 1. The minimum Gasteiger partial charge on any atom is -0.373 e. The molecule has 2 aliphatic heterocycles. The number of benzene rings is 1. The molecule has 0 amide bonds. The summed E-state index contributed by atoms with van der Waals surface area (Å²) in [5, 5.41) is 4.76. The summed E-state index contributed by atoms with van der Waals surface area (Å²) in [6, 6.07) is 11.1. The van der Waals surface area contributed by atoms with Gasteiger partial charge in [-0.2, -0.15) is 0 Å². The smallest absolute Gasteiger partial charge is 0.194 e. The molecule has 0 spiro atoms. The van der Waals surface area contributed by atoms with Crippen LogP contribution in [0.25, 0.3) is 0 Å². The number of nitrogens with one attached hydrogen (secondary N) is 1. The summed E-state index contributed by atoms with van der Waals surface area (Å²) in [6.07, 6.45) is 3.28. The Bertz CT molecular complexity index is 844. The van der Waals surface area contributed by atoms with E-state index in [-0.39, 0.29) is 30.1 Å². The molecule has 31 heavy (non-hydrogen) atoms. The van der Waals surface area contributed by atoms with Crippen molar-refractivity contribution in [2.75, 3.05) is 33.3 Å². The highest BCUT2D eigenvalue weighted by Crippen LogP contribution is 2.25. The summed E-state index contributed by atoms with van der Waals surface area (Å²) in [5.74, 6) is 1.59. The average Bonchev–Trinajstić information content (AvgIpc) is 3.36. The Hall–Kier alpha value is -1.23. The topological polar surface area (TPSA) is 53.0 Å². The standard InChI is InChI=1S/C23H33N5OS.HI/c1-17(2)11-22-25-12-19(30-22)13-26-23(24-3)28-15-20-21(16-28)29-10-9-27(20)14-18-7-5-4-6-8-18;/h4-8,12,17,20-21H,9-11,13-16H2,1-3H3,(H,24,26);1H. The van der Waals surface area contributed by atoms with Crippen LogP contribution in [-0.2, 0) is 24.2 Å². The molecule has 3 heterocycles. The lowest BCUT2D eigenvalue weighted by Crippen LogP contribution is -2.50. The van der Waals surface area contributed by atoms with E-state index in [1.54, 1.807) is 11.3 Å². The highest BCUT2D eigenvalue weighted by atomic mass is 127. The molecule has 2 atom stereocenters.